The van der Waals surface area contributed by atoms with Gasteiger partial charge in [0.15, 0.2) is 0 Å². The highest BCUT2D eigenvalue weighted by Gasteiger charge is 2.19. The highest BCUT2D eigenvalue weighted by Crippen LogP contribution is 2.27. The van der Waals surface area contributed by atoms with E-state index in [2.05, 4.69) is 10.5 Å². The molecule has 0 amide bonds. The van der Waals surface area contributed by atoms with Gasteiger partial charge >= 0.3 is 0 Å². The molecular weight excluding hydrogens is 291 g/mol. The Morgan fingerprint density at radius 2 is 2.19 bits per heavy atom. The summed E-state index contributed by atoms with van der Waals surface area (Å²) in [6.07, 6.45) is 1.33. The lowest BCUT2D eigenvalue weighted by Crippen LogP contribution is -2.30. The summed E-state index contributed by atoms with van der Waals surface area (Å²) in [6.45, 7) is 4.76. The fourth-order valence-electron chi connectivity index (χ4n) is 2.40. The summed E-state index contributed by atoms with van der Waals surface area (Å²) >= 11 is 6.40. The van der Waals surface area contributed by atoms with Crippen LogP contribution in [0, 0.1) is 5.82 Å². The van der Waals surface area contributed by atoms with E-state index in [1.807, 2.05) is 24.6 Å². The number of benzene rings is 1. The third-order valence-electron chi connectivity index (χ3n) is 3.54. The van der Waals surface area contributed by atoms with Crippen molar-refractivity contribution in [1.29, 1.82) is 0 Å². The van der Waals surface area contributed by atoms with Gasteiger partial charge in [0.2, 0.25) is 0 Å². The van der Waals surface area contributed by atoms with Gasteiger partial charge in [-0.05, 0) is 31.0 Å². The number of hydrogen-bond acceptors (Lipinski definition) is 3. The molecule has 0 aliphatic heterocycles. The van der Waals surface area contributed by atoms with Gasteiger partial charge in [-0.25, -0.2) is 4.39 Å². The average molecular weight is 311 g/mol. The highest BCUT2D eigenvalue weighted by molar-refractivity contribution is 6.31. The quantitative estimate of drug-likeness (QED) is 0.637. The fraction of sp³-hybridized carbons (Fsp3) is 0.400. The molecule has 0 aliphatic carbocycles. The first-order valence-corrected chi connectivity index (χ1v) is 7.44. The van der Waals surface area contributed by atoms with Gasteiger partial charge in [-0.15, -0.1) is 0 Å². The molecule has 2 rings (SSSR count). The Bertz CT molecular complexity index is 612. The number of halogens is 2. The van der Waals surface area contributed by atoms with Crippen molar-refractivity contribution >= 4 is 11.6 Å². The maximum absolute atomic E-state index is 13.4. The number of aryl methyl sites for hydroxylation is 2. The van der Waals surface area contributed by atoms with Crippen molar-refractivity contribution < 1.29 is 4.39 Å². The number of nitrogens with one attached hydrogen (secondary N) is 1. The van der Waals surface area contributed by atoms with Crippen LogP contribution in [0.4, 0.5) is 4.39 Å². The predicted molar refractivity (Wildman–Crippen MR) is 82.5 cm³/mol. The summed E-state index contributed by atoms with van der Waals surface area (Å²) in [7, 11) is 0. The third-order valence-corrected chi connectivity index (χ3v) is 3.98. The molecule has 0 saturated carbocycles. The van der Waals surface area contributed by atoms with Crippen LogP contribution in [0.25, 0.3) is 0 Å². The van der Waals surface area contributed by atoms with Gasteiger partial charge in [0.25, 0.3) is 0 Å². The van der Waals surface area contributed by atoms with Gasteiger partial charge in [0, 0.05) is 13.0 Å². The van der Waals surface area contributed by atoms with Crippen molar-refractivity contribution in [3.05, 3.63) is 52.1 Å². The standard InChI is InChI=1S/C15H20ClFN4/c1-3-12-15(16)14(21(4-2)20-12)9-13(19-18)10-6-5-7-11(17)8-10/h5-8,13,19H,3-4,9,18H2,1-2H3. The summed E-state index contributed by atoms with van der Waals surface area (Å²) in [5, 5.41) is 5.16. The van der Waals surface area contributed by atoms with Crippen LogP contribution in [0.2, 0.25) is 5.02 Å². The molecule has 6 heteroatoms. The molecule has 1 unspecified atom stereocenters. The lowest BCUT2D eigenvalue weighted by atomic mass is 10.0. The second-order valence-corrected chi connectivity index (χ2v) is 5.23. The van der Waals surface area contributed by atoms with E-state index in [-0.39, 0.29) is 11.9 Å². The Balaban J connectivity index is 2.32. The Hall–Kier alpha value is -1.43. The molecule has 1 aromatic carbocycles. The van der Waals surface area contributed by atoms with Gasteiger partial charge in [-0.3, -0.25) is 16.0 Å². The second kappa shape index (κ2) is 7.02. The molecule has 0 bridgehead atoms. The summed E-state index contributed by atoms with van der Waals surface area (Å²) in [5.74, 6) is 5.36. The second-order valence-electron chi connectivity index (χ2n) is 4.86. The van der Waals surface area contributed by atoms with Crippen molar-refractivity contribution in [3.63, 3.8) is 0 Å². The highest BCUT2D eigenvalue weighted by atomic mass is 35.5. The third kappa shape index (κ3) is 3.43. The Labute approximate surface area is 129 Å². The first kappa shape index (κ1) is 15.9. The number of aromatic nitrogens is 2. The SMILES string of the molecule is CCc1nn(CC)c(CC(NN)c2cccc(F)c2)c1Cl. The zero-order valence-electron chi connectivity index (χ0n) is 12.2. The topological polar surface area (TPSA) is 55.9 Å². The van der Waals surface area contributed by atoms with Crippen molar-refractivity contribution in [2.45, 2.75) is 39.3 Å². The number of nitrogens with two attached hydrogens (primary N) is 1. The predicted octanol–water partition coefficient (Wildman–Crippen LogP) is 3.01. The van der Waals surface area contributed by atoms with Gasteiger partial charge in [0.05, 0.1) is 22.5 Å². The van der Waals surface area contributed by atoms with Crippen molar-refractivity contribution in [3.8, 4) is 0 Å². The monoisotopic (exact) mass is 310 g/mol. The van der Waals surface area contributed by atoms with Crippen molar-refractivity contribution in [1.82, 2.24) is 15.2 Å². The van der Waals surface area contributed by atoms with E-state index >= 15 is 0 Å². The molecule has 1 atom stereocenters. The molecule has 1 heterocycles. The van der Waals surface area contributed by atoms with Crippen LogP contribution in [0.3, 0.4) is 0 Å². The minimum absolute atomic E-state index is 0.218. The normalized spacial score (nSPS) is 12.6. The van der Waals surface area contributed by atoms with E-state index in [1.165, 1.54) is 12.1 Å². The molecule has 0 fully saturated rings. The largest absolute Gasteiger partial charge is 0.271 e. The summed E-state index contributed by atoms with van der Waals surface area (Å²) in [5.41, 5.74) is 5.32. The Kier molecular flexibility index (Phi) is 5.33. The van der Waals surface area contributed by atoms with E-state index in [4.69, 9.17) is 17.4 Å². The van der Waals surface area contributed by atoms with Crippen molar-refractivity contribution in [2.75, 3.05) is 0 Å². The molecular formula is C15H20ClFN4. The number of rotatable bonds is 6. The van der Waals surface area contributed by atoms with Crippen LogP contribution >= 0.6 is 11.6 Å². The lowest BCUT2D eigenvalue weighted by Gasteiger charge is -2.17. The molecule has 0 aliphatic rings. The minimum atomic E-state index is -0.280. The van der Waals surface area contributed by atoms with Crippen LogP contribution in [0.5, 0.6) is 0 Å². The maximum atomic E-state index is 13.4. The summed E-state index contributed by atoms with van der Waals surface area (Å²) in [6, 6.07) is 6.19. The smallest absolute Gasteiger partial charge is 0.123 e. The average Bonchev–Trinajstić information content (AvgIpc) is 2.80. The molecule has 2 aromatic rings. The van der Waals surface area contributed by atoms with Crippen LogP contribution in [0.1, 0.15) is 36.8 Å². The molecule has 0 spiro atoms. The van der Waals surface area contributed by atoms with Gasteiger partial charge in [-0.1, -0.05) is 30.7 Å². The number of hydrogen-bond donors (Lipinski definition) is 2. The van der Waals surface area contributed by atoms with Crippen molar-refractivity contribution in [2.24, 2.45) is 5.84 Å². The van der Waals surface area contributed by atoms with E-state index in [0.717, 1.165) is 29.9 Å². The first-order valence-electron chi connectivity index (χ1n) is 7.06. The summed E-state index contributed by atoms with van der Waals surface area (Å²) in [4.78, 5) is 0. The van der Waals surface area contributed by atoms with Crippen LogP contribution in [-0.4, -0.2) is 9.78 Å². The molecule has 4 nitrogen and oxygen atoms in total. The Morgan fingerprint density at radius 1 is 1.43 bits per heavy atom. The maximum Gasteiger partial charge on any atom is 0.123 e. The van der Waals surface area contributed by atoms with Gasteiger partial charge < -0.3 is 0 Å². The molecule has 3 N–H and O–H groups in total. The number of hydrazine groups is 1. The van der Waals surface area contributed by atoms with Gasteiger partial charge in [0.1, 0.15) is 5.82 Å². The zero-order valence-corrected chi connectivity index (χ0v) is 13.0. The zero-order chi connectivity index (χ0) is 15.4. The lowest BCUT2D eigenvalue weighted by molar-refractivity contribution is 0.513. The Morgan fingerprint density at radius 3 is 2.76 bits per heavy atom. The van der Waals surface area contributed by atoms with E-state index in [9.17, 15) is 4.39 Å². The van der Waals surface area contributed by atoms with E-state index < -0.39 is 0 Å². The molecule has 114 valence electrons. The van der Waals surface area contributed by atoms with Crippen LogP contribution in [-0.2, 0) is 19.4 Å². The fourth-order valence-corrected chi connectivity index (χ4v) is 2.75. The minimum Gasteiger partial charge on any atom is -0.271 e. The summed E-state index contributed by atoms with van der Waals surface area (Å²) < 4.78 is 15.3. The molecule has 21 heavy (non-hydrogen) atoms. The number of nitrogens with zero attached hydrogens (tertiary/aromatic N) is 2. The first-order chi connectivity index (χ1) is 10.1. The molecule has 0 radical (unpaired) electrons. The van der Waals surface area contributed by atoms with Gasteiger partial charge in [-0.2, -0.15) is 5.10 Å². The molecule has 0 saturated heterocycles. The van der Waals surface area contributed by atoms with Crippen LogP contribution < -0.4 is 11.3 Å². The van der Waals surface area contributed by atoms with E-state index in [1.54, 1.807) is 6.07 Å². The van der Waals surface area contributed by atoms with Crippen LogP contribution in [0.15, 0.2) is 24.3 Å². The molecule has 1 aromatic heterocycles. The van der Waals surface area contributed by atoms with E-state index in [0.29, 0.717) is 11.4 Å².